The van der Waals surface area contributed by atoms with Gasteiger partial charge in [0.05, 0.1) is 5.97 Å². The van der Waals surface area contributed by atoms with Gasteiger partial charge in [0.1, 0.15) is 5.75 Å². The maximum Gasteiger partial charge on any atom is 1.00 e. The fraction of sp³-hybridized carbons (Fsp3) is 0.650. The van der Waals surface area contributed by atoms with Crippen LogP contribution in [0.5, 0.6) is 5.75 Å². The molecule has 1 rings (SSSR count). The molecule has 0 spiro atoms. The standard InChI is InChI=1S/C20H32O3.Na/c1-14(2)10-8-6-7-9-11-15-12-16(19(22)23)18(21)17(13-15)20(3,4)5;/h12-14,21H,6-11H2,1-5H3,(H,22,23);/q;+1/p-1. The fourth-order valence-electron chi connectivity index (χ4n) is 2.80. The van der Waals surface area contributed by atoms with Gasteiger partial charge in [-0.05, 0) is 35.8 Å². The first kappa shape index (κ1) is 23.5. The second-order valence-electron chi connectivity index (χ2n) is 7.92. The van der Waals surface area contributed by atoms with Crippen LogP contribution in [0.4, 0.5) is 0 Å². The van der Waals surface area contributed by atoms with E-state index in [0.29, 0.717) is 5.56 Å². The van der Waals surface area contributed by atoms with E-state index in [1.165, 1.54) is 19.3 Å². The molecule has 0 aromatic heterocycles. The molecule has 0 fully saturated rings. The number of hydrogen-bond donors (Lipinski definition) is 1. The predicted octanol–water partition coefficient (Wildman–Crippen LogP) is 1.21. The molecule has 24 heavy (non-hydrogen) atoms. The summed E-state index contributed by atoms with van der Waals surface area (Å²) in [6.07, 6.45) is 6.77. The van der Waals surface area contributed by atoms with Crippen LogP contribution in [0.25, 0.3) is 0 Å². The van der Waals surface area contributed by atoms with Crippen LogP contribution in [0.2, 0.25) is 0 Å². The molecule has 3 nitrogen and oxygen atoms in total. The number of carbonyl (C=O) groups excluding carboxylic acids is 1. The van der Waals surface area contributed by atoms with E-state index < -0.39 is 5.97 Å². The smallest absolute Gasteiger partial charge is 0.545 e. The molecule has 0 atom stereocenters. The predicted molar refractivity (Wildman–Crippen MR) is 92.8 cm³/mol. The summed E-state index contributed by atoms with van der Waals surface area (Å²) in [7, 11) is 0. The number of aromatic hydroxyl groups is 1. The number of carbonyl (C=O) groups is 1. The number of aryl methyl sites for hydroxylation is 1. The van der Waals surface area contributed by atoms with Gasteiger partial charge in [0.25, 0.3) is 0 Å². The largest absolute Gasteiger partial charge is 1.00 e. The summed E-state index contributed by atoms with van der Waals surface area (Å²) in [6.45, 7) is 10.4. The van der Waals surface area contributed by atoms with Crippen LogP contribution < -0.4 is 34.7 Å². The maximum absolute atomic E-state index is 11.3. The van der Waals surface area contributed by atoms with Crippen molar-refractivity contribution in [2.45, 2.75) is 78.6 Å². The van der Waals surface area contributed by atoms with Gasteiger partial charge in [-0.3, -0.25) is 0 Å². The number of phenols is 1. The molecule has 1 aromatic rings. The maximum atomic E-state index is 11.3. The van der Waals surface area contributed by atoms with Crippen LogP contribution in [-0.4, -0.2) is 11.1 Å². The molecule has 4 heteroatoms. The van der Waals surface area contributed by atoms with Gasteiger partial charge in [-0.1, -0.05) is 66.4 Å². The molecule has 0 heterocycles. The summed E-state index contributed by atoms with van der Waals surface area (Å²) in [6, 6.07) is 3.50. The van der Waals surface area contributed by atoms with Crippen molar-refractivity contribution in [3.05, 3.63) is 28.8 Å². The Hall–Kier alpha value is -0.510. The molecule has 0 radical (unpaired) electrons. The minimum atomic E-state index is -1.31. The van der Waals surface area contributed by atoms with Crippen LogP contribution in [-0.2, 0) is 11.8 Å². The minimum Gasteiger partial charge on any atom is -0.545 e. The molecule has 130 valence electrons. The number of benzene rings is 1. The van der Waals surface area contributed by atoms with Crippen LogP contribution in [0, 0.1) is 5.92 Å². The number of hydrogen-bond acceptors (Lipinski definition) is 3. The van der Waals surface area contributed by atoms with Gasteiger partial charge in [-0.15, -0.1) is 0 Å². The van der Waals surface area contributed by atoms with E-state index in [0.717, 1.165) is 30.7 Å². The molecule has 0 aliphatic carbocycles. The fourth-order valence-corrected chi connectivity index (χ4v) is 2.80. The Balaban J connectivity index is 0.00000529. The Morgan fingerprint density at radius 3 is 2.21 bits per heavy atom. The first-order valence-corrected chi connectivity index (χ1v) is 8.70. The molecule has 1 aromatic carbocycles. The quantitative estimate of drug-likeness (QED) is 0.571. The van der Waals surface area contributed by atoms with E-state index in [4.69, 9.17) is 0 Å². The third kappa shape index (κ3) is 7.58. The van der Waals surface area contributed by atoms with Gasteiger partial charge in [0, 0.05) is 11.1 Å². The Kier molecular flexibility index (Phi) is 10.3. The van der Waals surface area contributed by atoms with Gasteiger partial charge in [0.15, 0.2) is 0 Å². The molecule has 0 aliphatic heterocycles. The summed E-state index contributed by atoms with van der Waals surface area (Å²) in [4.78, 5) is 11.3. The van der Waals surface area contributed by atoms with Crippen LogP contribution >= 0.6 is 0 Å². The van der Waals surface area contributed by atoms with Gasteiger partial charge in [-0.2, -0.15) is 0 Å². The summed E-state index contributed by atoms with van der Waals surface area (Å²) in [5.41, 5.74) is 1.25. The first-order chi connectivity index (χ1) is 10.6. The van der Waals surface area contributed by atoms with E-state index in [1.807, 2.05) is 26.8 Å². The van der Waals surface area contributed by atoms with E-state index >= 15 is 0 Å². The topological polar surface area (TPSA) is 60.4 Å². The minimum absolute atomic E-state index is 0. The zero-order valence-corrected chi connectivity index (χ0v) is 18.2. The normalized spacial score (nSPS) is 11.4. The van der Waals surface area contributed by atoms with E-state index in [2.05, 4.69) is 13.8 Å². The molecule has 0 unspecified atom stereocenters. The molecular formula is C20H31NaO3. The molecule has 0 aliphatic rings. The summed E-state index contributed by atoms with van der Waals surface area (Å²) in [5, 5.41) is 21.5. The van der Waals surface area contributed by atoms with Gasteiger partial charge >= 0.3 is 29.6 Å². The zero-order valence-electron chi connectivity index (χ0n) is 16.2. The van der Waals surface area contributed by atoms with Crippen molar-refractivity contribution in [1.82, 2.24) is 0 Å². The van der Waals surface area contributed by atoms with Crippen molar-refractivity contribution < 1.29 is 44.6 Å². The Morgan fingerprint density at radius 2 is 1.71 bits per heavy atom. The first-order valence-electron chi connectivity index (χ1n) is 8.70. The second-order valence-corrected chi connectivity index (χ2v) is 7.92. The number of carboxylic acid groups (broad SMARTS) is 1. The third-order valence-electron chi connectivity index (χ3n) is 4.19. The van der Waals surface area contributed by atoms with Gasteiger partial charge in [-0.25, -0.2) is 0 Å². The molecule has 0 bridgehead atoms. The zero-order chi connectivity index (χ0) is 17.6. The molecular weight excluding hydrogens is 311 g/mol. The van der Waals surface area contributed by atoms with Crippen LogP contribution in [0.1, 0.15) is 88.2 Å². The van der Waals surface area contributed by atoms with Crippen molar-refractivity contribution in [2.24, 2.45) is 5.92 Å². The summed E-state index contributed by atoms with van der Waals surface area (Å²) in [5.74, 6) is -0.711. The van der Waals surface area contributed by atoms with Crippen LogP contribution in [0.15, 0.2) is 12.1 Å². The van der Waals surface area contributed by atoms with E-state index in [-0.39, 0.29) is 46.3 Å². The van der Waals surface area contributed by atoms with Crippen molar-refractivity contribution >= 4 is 5.97 Å². The Labute approximate surface area is 169 Å². The van der Waals surface area contributed by atoms with Crippen molar-refractivity contribution in [2.75, 3.05) is 0 Å². The summed E-state index contributed by atoms with van der Waals surface area (Å²) >= 11 is 0. The second kappa shape index (κ2) is 10.5. The van der Waals surface area contributed by atoms with Gasteiger partial charge < -0.3 is 15.0 Å². The molecule has 0 saturated carbocycles. The average Bonchev–Trinajstić information content (AvgIpc) is 2.42. The monoisotopic (exact) mass is 342 g/mol. The average molecular weight is 342 g/mol. The molecule has 1 N–H and O–H groups in total. The van der Waals surface area contributed by atoms with Crippen molar-refractivity contribution in [3.63, 3.8) is 0 Å². The van der Waals surface area contributed by atoms with Gasteiger partial charge in [0.2, 0.25) is 0 Å². The Morgan fingerprint density at radius 1 is 1.12 bits per heavy atom. The van der Waals surface area contributed by atoms with E-state index in [9.17, 15) is 15.0 Å². The summed E-state index contributed by atoms with van der Waals surface area (Å²) < 4.78 is 0. The third-order valence-corrected chi connectivity index (χ3v) is 4.19. The SMILES string of the molecule is CC(C)CCCCCCc1cc(C(=O)[O-])c(O)c(C(C)(C)C)c1.[Na+]. The van der Waals surface area contributed by atoms with Crippen molar-refractivity contribution in [3.8, 4) is 5.75 Å². The number of carboxylic acids is 1. The molecule has 0 saturated heterocycles. The number of unbranched alkanes of at least 4 members (excludes halogenated alkanes) is 3. The number of rotatable bonds is 8. The van der Waals surface area contributed by atoms with Crippen molar-refractivity contribution in [1.29, 1.82) is 0 Å². The Bertz CT molecular complexity index is 530. The van der Waals surface area contributed by atoms with Crippen LogP contribution in [0.3, 0.4) is 0 Å². The van der Waals surface area contributed by atoms with E-state index in [1.54, 1.807) is 6.07 Å². The number of aromatic carboxylic acids is 1. The molecule has 0 amide bonds.